The van der Waals surface area contributed by atoms with Crippen molar-refractivity contribution in [3.63, 3.8) is 0 Å². The van der Waals surface area contributed by atoms with E-state index in [2.05, 4.69) is 11.6 Å². The quantitative estimate of drug-likeness (QED) is 0.549. The van der Waals surface area contributed by atoms with E-state index in [0.29, 0.717) is 18.1 Å². The molecule has 0 fully saturated rings. The van der Waals surface area contributed by atoms with Crippen LogP contribution < -0.4 is 5.56 Å². The number of aromatic hydroxyl groups is 1. The minimum Gasteiger partial charge on any atom is -0.494 e. The number of hydrogen-bond acceptors (Lipinski definition) is 4. The van der Waals surface area contributed by atoms with E-state index in [4.69, 9.17) is 16.6 Å². The fourth-order valence-corrected chi connectivity index (χ4v) is 2.72. The van der Waals surface area contributed by atoms with Crippen molar-refractivity contribution in [1.29, 1.82) is 0 Å². The smallest absolute Gasteiger partial charge is 0.259 e. The molecule has 0 bridgehead atoms. The molecule has 0 aliphatic carbocycles. The third-order valence-corrected chi connectivity index (χ3v) is 3.97. The van der Waals surface area contributed by atoms with Gasteiger partial charge in [-0.25, -0.2) is 0 Å². The second kappa shape index (κ2) is 6.72. The number of allylic oxidation sites excluding steroid dienone is 1. The number of rotatable bonds is 5. The largest absolute Gasteiger partial charge is 0.494 e. The maximum absolute atomic E-state index is 12.1. The average molecular weight is 340 g/mol. The lowest BCUT2D eigenvalue weighted by Crippen LogP contribution is -2.19. The van der Waals surface area contributed by atoms with Gasteiger partial charge in [0.1, 0.15) is 11.5 Å². The van der Waals surface area contributed by atoms with Crippen LogP contribution in [0.25, 0.3) is 11.3 Å². The Labute approximate surface area is 143 Å². The van der Waals surface area contributed by atoms with Gasteiger partial charge in [-0.3, -0.25) is 14.3 Å². The van der Waals surface area contributed by atoms with E-state index in [1.54, 1.807) is 12.1 Å². The summed E-state index contributed by atoms with van der Waals surface area (Å²) in [4.78, 5) is 14.7. The van der Waals surface area contributed by atoms with Crippen LogP contribution >= 0.6 is 12.2 Å². The summed E-state index contributed by atoms with van der Waals surface area (Å²) in [6, 6.07) is 13.3. The molecule has 0 amide bonds. The monoisotopic (exact) mass is 340 g/mol. The number of hydrogen-bond donors (Lipinski definition) is 2. The van der Waals surface area contributed by atoms with Crippen LogP contribution in [0, 0.1) is 4.77 Å². The van der Waals surface area contributed by atoms with Gasteiger partial charge in [-0.05, 0) is 24.4 Å². The first-order valence-electron chi connectivity index (χ1n) is 7.40. The van der Waals surface area contributed by atoms with Crippen molar-refractivity contribution in [1.82, 2.24) is 9.55 Å². The van der Waals surface area contributed by atoms with E-state index in [1.165, 1.54) is 4.57 Å². The Bertz CT molecular complexity index is 983. The van der Waals surface area contributed by atoms with Crippen molar-refractivity contribution in [3.8, 4) is 17.2 Å². The summed E-state index contributed by atoms with van der Waals surface area (Å²) in [6.07, 6.45) is 1.76. The molecule has 6 heteroatoms. The van der Waals surface area contributed by atoms with E-state index in [0.717, 1.165) is 5.56 Å². The molecular formula is C18H16N2O3S. The van der Waals surface area contributed by atoms with Crippen molar-refractivity contribution >= 4 is 12.2 Å². The number of furan rings is 1. The number of benzene rings is 1. The molecule has 122 valence electrons. The zero-order valence-electron chi connectivity index (χ0n) is 12.9. The van der Waals surface area contributed by atoms with Gasteiger partial charge in [-0.1, -0.05) is 36.4 Å². The molecule has 0 aliphatic rings. The summed E-state index contributed by atoms with van der Waals surface area (Å²) in [5.74, 6) is 1.12. The highest BCUT2D eigenvalue weighted by atomic mass is 32.1. The maximum atomic E-state index is 12.1. The standard InChI is InChI=1S/C18H16N2O3S/c1-2-10-20-17(22)14(16(21)19-18(20)24)11-13-8-9-15(23-13)12-6-4-3-5-7-12/h2-9,22H,1,10-11H2,(H,19,21,24). The van der Waals surface area contributed by atoms with E-state index in [9.17, 15) is 9.90 Å². The van der Waals surface area contributed by atoms with Gasteiger partial charge in [0, 0.05) is 18.5 Å². The SMILES string of the molecule is C=CCn1c(O)c(Cc2ccc(-c3ccccc3)o2)c(=O)[nH]c1=S. The van der Waals surface area contributed by atoms with Gasteiger partial charge in [0.25, 0.3) is 5.56 Å². The summed E-state index contributed by atoms with van der Waals surface area (Å²) < 4.78 is 7.37. The van der Waals surface area contributed by atoms with Crippen LogP contribution in [0.3, 0.4) is 0 Å². The first kappa shape index (κ1) is 16.0. The Morgan fingerprint density at radius 2 is 2.00 bits per heavy atom. The summed E-state index contributed by atoms with van der Waals surface area (Å²) in [7, 11) is 0. The first-order chi connectivity index (χ1) is 11.6. The molecule has 0 radical (unpaired) electrons. The maximum Gasteiger partial charge on any atom is 0.259 e. The molecule has 0 unspecified atom stereocenters. The average Bonchev–Trinajstić information content (AvgIpc) is 3.05. The van der Waals surface area contributed by atoms with Gasteiger partial charge < -0.3 is 9.52 Å². The molecular weight excluding hydrogens is 324 g/mol. The third kappa shape index (κ3) is 3.09. The van der Waals surface area contributed by atoms with Crippen molar-refractivity contribution in [2.45, 2.75) is 13.0 Å². The van der Waals surface area contributed by atoms with Crippen molar-refractivity contribution in [2.24, 2.45) is 0 Å². The van der Waals surface area contributed by atoms with Crippen LogP contribution in [0.2, 0.25) is 0 Å². The lowest BCUT2D eigenvalue weighted by atomic mass is 10.2. The number of aromatic nitrogens is 2. The normalized spacial score (nSPS) is 10.7. The summed E-state index contributed by atoms with van der Waals surface area (Å²) >= 11 is 5.06. The van der Waals surface area contributed by atoms with Crippen LogP contribution in [-0.4, -0.2) is 14.7 Å². The molecule has 5 nitrogen and oxygen atoms in total. The Balaban J connectivity index is 1.96. The van der Waals surface area contributed by atoms with Crippen LogP contribution in [0.1, 0.15) is 11.3 Å². The highest BCUT2D eigenvalue weighted by Gasteiger charge is 2.15. The highest BCUT2D eigenvalue weighted by molar-refractivity contribution is 7.71. The minimum atomic E-state index is -0.421. The predicted molar refractivity (Wildman–Crippen MR) is 94.7 cm³/mol. The van der Waals surface area contributed by atoms with Crippen LogP contribution in [0.5, 0.6) is 5.88 Å². The van der Waals surface area contributed by atoms with Crippen LogP contribution in [-0.2, 0) is 13.0 Å². The molecule has 3 rings (SSSR count). The fourth-order valence-electron chi connectivity index (χ4n) is 2.46. The van der Waals surface area contributed by atoms with Crippen LogP contribution in [0.15, 0.2) is 64.3 Å². The van der Waals surface area contributed by atoms with Gasteiger partial charge in [-0.15, -0.1) is 6.58 Å². The molecule has 2 aromatic heterocycles. The summed E-state index contributed by atoms with van der Waals surface area (Å²) in [5.41, 5.74) is 0.736. The van der Waals surface area contributed by atoms with Crippen molar-refractivity contribution in [3.05, 3.63) is 81.6 Å². The first-order valence-corrected chi connectivity index (χ1v) is 7.81. The molecule has 1 aromatic carbocycles. The zero-order chi connectivity index (χ0) is 17.1. The molecule has 0 spiro atoms. The van der Waals surface area contributed by atoms with Gasteiger partial charge in [0.2, 0.25) is 5.88 Å². The Morgan fingerprint density at radius 1 is 1.25 bits per heavy atom. The minimum absolute atomic E-state index is 0.158. The zero-order valence-corrected chi connectivity index (χ0v) is 13.7. The Hall–Kier alpha value is -2.86. The van der Waals surface area contributed by atoms with E-state index in [1.807, 2.05) is 36.4 Å². The molecule has 2 heterocycles. The molecule has 0 saturated carbocycles. The highest BCUT2D eigenvalue weighted by Crippen LogP contribution is 2.24. The molecule has 0 atom stereocenters. The summed E-state index contributed by atoms with van der Waals surface area (Å²) in [6.45, 7) is 3.93. The fraction of sp³-hybridized carbons (Fsp3) is 0.111. The number of nitrogens with zero attached hydrogens (tertiary/aromatic N) is 1. The molecule has 0 aliphatic heterocycles. The third-order valence-electron chi connectivity index (χ3n) is 3.65. The lowest BCUT2D eigenvalue weighted by Gasteiger charge is -2.10. The van der Waals surface area contributed by atoms with Gasteiger partial charge >= 0.3 is 0 Å². The second-order valence-electron chi connectivity index (χ2n) is 5.27. The van der Waals surface area contributed by atoms with E-state index < -0.39 is 5.56 Å². The molecule has 2 N–H and O–H groups in total. The molecule has 24 heavy (non-hydrogen) atoms. The van der Waals surface area contributed by atoms with E-state index in [-0.39, 0.29) is 22.6 Å². The lowest BCUT2D eigenvalue weighted by molar-refractivity contribution is 0.405. The van der Waals surface area contributed by atoms with Gasteiger partial charge in [-0.2, -0.15) is 0 Å². The Kier molecular flexibility index (Phi) is 4.48. The second-order valence-corrected chi connectivity index (χ2v) is 5.66. The predicted octanol–water partition coefficient (Wildman–Crippen LogP) is 3.65. The van der Waals surface area contributed by atoms with Crippen molar-refractivity contribution < 1.29 is 9.52 Å². The van der Waals surface area contributed by atoms with Crippen LogP contribution in [0.4, 0.5) is 0 Å². The molecule has 3 aromatic rings. The van der Waals surface area contributed by atoms with Gasteiger partial charge in [0.15, 0.2) is 4.77 Å². The van der Waals surface area contributed by atoms with Crippen molar-refractivity contribution in [2.75, 3.05) is 0 Å². The number of nitrogens with one attached hydrogen (secondary N) is 1. The topological polar surface area (TPSA) is 71.2 Å². The number of H-pyrrole nitrogens is 1. The summed E-state index contributed by atoms with van der Waals surface area (Å²) in [5, 5.41) is 10.4. The van der Waals surface area contributed by atoms with E-state index >= 15 is 0 Å². The molecule has 0 saturated heterocycles. The number of aromatic amines is 1. The Morgan fingerprint density at radius 3 is 2.71 bits per heavy atom. The van der Waals surface area contributed by atoms with Gasteiger partial charge in [0.05, 0.1) is 5.56 Å².